The minimum absolute atomic E-state index is 0.398. The number of aryl methyl sites for hydroxylation is 1. The van der Waals surface area contributed by atoms with Crippen molar-refractivity contribution in [1.82, 2.24) is 14.5 Å². The van der Waals surface area contributed by atoms with Gasteiger partial charge in [-0.3, -0.25) is 4.79 Å². The predicted molar refractivity (Wildman–Crippen MR) is 113 cm³/mol. The molecule has 0 radical (unpaired) electrons. The van der Waals surface area contributed by atoms with Gasteiger partial charge in [-0.1, -0.05) is 42.5 Å². The van der Waals surface area contributed by atoms with E-state index < -0.39 is 16.7 Å². The molecule has 4 rings (SSSR count). The second kappa shape index (κ2) is 7.28. The number of unbranched alkanes of at least 4 members (excludes halogenated alkanes) is 1. The standard InChI is InChI=1S/C21H22ClN5O/c22-21(10-4-3-8-15(21)20(24)28)11-5-6-12-27-13-25-17-18(27)14-7-1-2-9-16(14)26-19(17)23/h1-4,7-10,13,15H,5-6,11-12H2,(H2,23,26)(H2,24,28). The van der Waals surface area contributed by atoms with Gasteiger partial charge in [-0.2, -0.15) is 0 Å². The Hall–Kier alpha value is -2.86. The molecule has 7 heteroatoms. The van der Waals surface area contributed by atoms with Crippen molar-refractivity contribution in [3.8, 4) is 0 Å². The van der Waals surface area contributed by atoms with Gasteiger partial charge in [0.1, 0.15) is 5.52 Å². The normalized spacial score (nSPS) is 21.5. The van der Waals surface area contributed by atoms with Crippen molar-refractivity contribution < 1.29 is 4.79 Å². The van der Waals surface area contributed by atoms with E-state index in [1.165, 1.54) is 0 Å². The Morgan fingerprint density at radius 3 is 2.89 bits per heavy atom. The topological polar surface area (TPSA) is 99.8 Å². The number of halogens is 1. The largest absolute Gasteiger partial charge is 0.382 e. The molecule has 0 aliphatic heterocycles. The number of aromatic nitrogens is 3. The van der Waals surface area contributed by atoms with Gasteiger partial charge in [0, 0.05) is 11.9 Å². The lowest BCUT2D eigenvalue weighted by atomic mass is 9.83. The summed E-state index contributed by atoms with van der Waals surface area (Å²) >= 11 is 6.71. The lowest BCUT2D eigenvalue weighted by molar-refractivity contribution is -0.121. The summed E-state index contributed by atoms with van der Waals surface area (Å²) in [5, 5.41) is 1.03. The molecule has 28 heavy (non-hydrogen) atoms. The second-order valence-corrected chi connectivity index (χ2v) is 7.86. The van der Waals surface area contributed by atoms with Gasteiger partial charge in [0.05, 0.1) is 28.2 Å². The zero-order valence-electron chi connectivity index (χ0n) is 15.4. The number of amides is 1. The van der Waals surface area contributed by atoms with E-state index in [-0.39, 0.29) is 0 Å². The Morgan fingerprint density at radius 1 is 1.25 bits per heavy atom. The van der Waals surface area contributed by atoms with Crippen molar-refractivity contribution in [2.24, 2.45) is 11.7 Å². The summed E-state index contributed by atoms with van der Waals surface area (Å²) < 4.78 is 2.11. The third-order valence-electron chi connectivity index (χ3n) is 5.30. The van der Waals surface area contributed by atoms with E-state index in [0.29, 0.717) is 12.2 Å². The van der Waals surface area contributed by atoms with Crippen molar-refractivity contribution in [2.75, 3.05) is 5.73 Å². The molecule has 0 bridgehead atoms. The average Bonchev–Trinajstić information content (AvgIpc) is 3.10. The maximum atomic E-state index is 11.7. The average molecular weight is 396 g/mol. The molecule has 0 saturated heterocycles. The summed E-state index contributed by atoms with van der Waals surface area (Å²) in [6.07, 6.45) is 11.6. The number of fused-ring (bicyclic) bond motifs is 3. The number of alkyl halides is 1. The van der Waals surface area contributed by atoms with E-state index >= 15 is 0 Å². The molecule has 0 spiro atoms. The van der Waals surface area contributed by atoms with Crippen LogP contribution in [0.5, 0.6) is 0 Å². The Bertz CT molecular complexity index is 1100. The smallest absolute Gasteiger partial charge is 0.226 e. The number of benzene rings is 1. The fourth-order valence-corrected chi connectivity index (χ4v) is 4.27. The highest BCUT2D eigenvalue weighted by Crippen LogP contribution is 2.36. The summed E-state index contributed by atoms with van der Waals surface area (Å²) in [7, 11) is 0. The predicted octanol–water partition coefficient (Wildman–Crippen LogP) is 3.54. The lowest BCUT2D eigenvalue weighted by Gasteiger charge is -2.30. The van der Waals surface area contributed by atoms with Crippen LogP contribution in [0.4, 0.5) is 5.82 Å². The highest BCUT2D eigenvalue weighted by molar-refractivity contribution is 6.27. The summed E-state index contributed by atoms with van der Waals surface area (Å²) in [5.41, 5.74) is 14.2. The number of anilines is 1. The molecule has 6 nitrogen and oxygen atoms in total. The van der Waals surface area contributed by atoms with Gasteiger partial charge in [-0.25, -0.2) is 9.97 Å². The van der Waals surface area contributed by atoms with Crippen LogP contribution in [0.3, 0.4) is 0 Å². The van der Waals surface area contributed by atoms with Gasteiger partial charge in [0.15, 0.2) is 5.82 Å². The number of rotatable bonds is 6. The van der Waals surface area contributed by atoms with Crippen LogP contribution in [0, 0.1) is 5.92 Å². The lowest BCUT2D eigenvalue weighted by Crippen LogP contribution is -2.39. The zero-order valence-corrected chi connectivity index (χ0v) is 16.1. The monoisotopic (exact) mass is 395 g/mol. The van der Waals surface area contributed by atoms with E-state index in [1.54, 1.807) is 12.4 Å². The summed E-state index contributed by atoms with van der Waals surface area (Å²) in [4.78, 5) is 19.9. The van der Waals surface area contributed by atoms with Crippen molar-refractivity contribution >= 4 is 45.3 Å². The van der Waals surface area contributed by atoms with Crippen LogP contribution >= 0.6 is 11.6 Å². The number of carbonyl (C=O) groups excluding carboxylic acids is 1. The third kappa shape index (κ3) is 3.24. The molecule has 144 valence electrons. The number of hydrogen-bond acceptors (Lipinski definition) is 4. The molecule has 1 aliphatic rings. The molecule has 4 N–H and O–H groups in total. The number of primary amides is 1. The van der Waals surface area contributed by atoms with Gasteiger partial charge in [-0.15, -0.1) is 11.6 Å². The number of nitrogens with two attached hydrogens (primary N) is 2. The van der Waals surface area contributed by atoms with Crippen LogP contribution in [-0.2, 0) is 11.3 Å². The van der Waals surface area contributed by atoms with Crippen LogP contribution < -0.4 is 11.5 Å². The molecule has 2 aromatic heterocycles. The SMILES string of the molecule is NC(=O)C1C=CC=CC1(Cl)CCCCn1cnc2c(N)nc3ccccc3c21. The first-order valence-corrected chi connectivity index (χ1v) is 9.71. The first kappa shape index (κ1) is 18.5. The molecule has 0 saturated carbocycles. The van der Waals surface area contributed by atoms with E-state index in [4.69, 9.17) is 23.1 Å². The fraction of sp³-hybridized carbons (Fsp3) is 0.286. The van der Waals surface area contributed by atoms with E-state index in [0.717, 1.165) is 41.3 Å². The number of allylic oxidation sites excluding steroid dienone is 3. The molecule has 2 heterocycles. The number of carbonyl (C=O) groups is 1. The number of hydrogen-bond donors (Lipinski definition) is 2. The fourth-order valence-electron chi connectivity index (χ4n) is 3.88. The first-order valence-electron chi connectivity index (χ1n) is 9.33. The van der Waals surface area contributed by atoms with Crippen molar-refractivity contribution in [1.29, 1.82) is 0 Å². The number of imidazole rings is 1. The van der Waals surface area contributed by atoms with Crippen molar-refractivity contribution in [3.63, 3.8) is 0 Å². The highest BCUT2D eigenvalue weighted by Gasteiger charge is 2.37. The molecular weight excluding hydrogens is 374 g/mol. The molecule has 1 amide bonds. The highest BCUT2D eigenvalue weighted by atomic mass is 35.5. The minimum atomic E-state index is -0.751. The van der Waals surface area contributed by atoms with Crippen molar-refractivity contribution in [2.45, 2.75) is 30.7 Å². The molecule has 2 atom stereocenters. The molecule has 1 aromatic carbocycles. The molecule has 1 aliphatic carbocycles. The van der Waals surface area contributed by atoms with Crippen LogP contribution in [0.25, 0.3) is 21.9 Å². The van der Waals surface area contributed by atoms with Crippen LogP contribution in [0.15, 0.2) is 54.9 Å². The molecule has 2 unspecified atom stereocenters. The maximum Gasteiger partial charge on any atom is 0.226 e. The van der Waals surface area contributed by atoms with E-state index in [1.807, 2.05) is 42.5 Å². The van der Waals surface area contributed by atoms with E-state index in [9.17, 15) is 4.79 Å². The van der Waals surface area contributed by atoms with E-state index in [2.05, 4.69) is 14.5 Å². The van der Waals surface area contributed by atoms with Crippen molar-refractivity contribution in [3.05, 3.63) is 54.9 Å². The summed E-state index contributed by atoms with van der Waals surface area (Å²) in [6, 6.07) is 7.92. The number of nitrogen functional groups attached to an aromatic ring is 1. The number of para-hydroxylation sites is 1. The Morgan fingerprint density at radius 2 is 2.07 bits per heavy atom. The number of nitrogens with zero attached hydrogens (tertiary/aromatic N) is 3. The van der Waals surface area contributed by atoms with Crippen LogP contribution in [0.2, 0.25) is 0 Å². The summed E-state index contributed by atoms with van der Waals surface area (Å²) in [6.45, 7) is 0.776. The van der Waals surface area contributed by atoms with Crippen LogP contribution in [-0.4, -0.2) is 25.3 Å². The minimum Gasteiger partial charge on any atom is -0.382 e. The van der Waals surface area contributed by atoms with Gasteiger partial charge in [0.25, 0.3) is 0 Å². The first-order chi connectivity index (χ1) is 13.5. The Balaban J connectivity index is 1.50. The zero-order chi connectivity index (χ0) is 19.7. The second-order valence-electron chi connectivity index (χ2n) is 7.16. The summed E-state index contributed by atoms with van der Waals surface area (Å²) in [5.74, 6) is -0.440. The Kier molecular flexibility index (Phi) is 4.81. The molecule has 0 fully saturated rings. The Labute approximate surface area is 167 Å². The van der Waals surface area contributed by atoms with Gasteiger partial charge in [0.2, 0.25) is 5.91 Å². The third-order valence-corrected chi connectivity index (χ3v) is 5.85. The van der Waals surface area contributed by atoms with Gasteiger partial charge >= 0.3 is 0 Å². The van der Waals surface area contributed by atoms with Crippen LogP contribution in [0.1, 0.15) is 19.3 Å². The number of pyridine rings is 1. The molecular formula is C21H22ClN5O. The maximum absolute atomic E-state index is 11.7. The van der Waals surface area contributed by atoms with Gasteiger partial charge in [-0.05, 0) is 25.3 Å². The quantitative estimate of drug-likeness (QED) is 0.492. The molecule has 3 aromatic rings. The van der Waals surface area contributed by atoms with Gasteiger partial charge < -0.3 is 16.0 Å².